The molecule has 5 heteroatoms. The van der Waals surface area contributed by atoms with E-state index in [1.807, 2.05) is 16.8 Å². The quantitative estimate of drug-likeness (QED) is 0.786. The lowest BCUT2D eigenvalue weighted by molar-refractivity contribution is 0.414. The second-order valence-corrected chi connectivity index (χ2v) is 4.99. The van der Waals surface area contributed by atoms with Crippen LogP contribution >= 0.6 is 0 Å². The SMILES string of the molecule is COc1cccc(CCNCc2ncnn2C(C)C)c1. The molecule has 0 aliphatic carbocycles. The minimum atomic E-state index is 0.340. The molecule has 0 spiro atoms. The first-order valence-corrected chi connectivity index (χ1v) is 6.92. The molecule has 2 aromatic rings. The van der Waals surface area contributed by atoms with Gasteiger partial charge >= 0.3 is 0 Å². The van der Waals surface area contributed by atoms with Crippen LogP contribution in [0.4, 0.5) is 0 Å². The van der Waals surface area contributed by atoms with Gasteiger partial charge in [0.15, 0.2) is 0 Å². The summed E-state index contributed by atoms with van der Waals surface area (Å²) >= 11 is 0. The Morgan fingerprint density at radius 3 is 2.95 bits per heavy atom. The molecule has 0 unspecified atom stereocenters. The smallest absolute Gasteiger partial charge is 0.141 e. The monoisotopic (exact) mass is 274 g/mol. The number of aromatic nitrogens is 3. The van der Waals surface area contributed by atoms with Crippen LogP contribution in [0, 0.1) is 0 Å². The number of nitrogens with zero attached hydrogens (tertiary/aromatic N) is 3. The molecular formula is C15H22N4O. The van der Waals surface area contributed by atoms with E-state index < -0.39 is 0 Å². The van der Waals surface area contributed by atoms with Crippen LogP contribution in [-0.2, 0) is 13.0 Å². The maximum absolute atomic E-state index is 5.22. The van der Waals surface area contributed by atoms with Gasteiger partial charge in [-0.3, -0.25) is 0 Å². The van der Waals surface area contributed by atoms with Crippen LogP contribution in [0.5, 0.6) is 5.75 Å². The van der Waals surface area contributed by atoms with Gasteiger partial charge in [0.05, 0.1) is 13.7 Å². The predicted molar refractivity (Wildman–Crippen MR) is 78.8 cm³/mol. The van der Waals surface area contributed by atoms with E-state index in [1.54, 1.807) is 13.4 Å². The molecule has 2 rings (SSSR count). The lowest BCUT2D eigenvalue weighted by atomic mass is 10.1. The highest BCUT2D eigenvalue weighted by atomic mass is 16.5. The Morgan fingerprint density at radius 1 is 1.35 bits per heavy atom. The Balaban J connectivity index is 1.80. The molecule has 108 valence electrons. The maximum Gasteiger partial charge on any atom is 0.141 e. The van der Waals surface area contributed by atoms with Crippen LogP contribution < -0.4 is 10.1 Å². The van der Waals surface area contributed by atoms with Gasteiger partial charge in [-0.05, 0) is 44.5 Å². The van der Waals surface area contributed by atoms with Gasteiger partial charge in [0.25, 0.3) is 0 Å². The summed E-state index contributed by atoms with van der Waals surface area (Å²) in [5.74, 6) is 1.88. The number of hydrogen-bond acceptors (Lipinski definition) is 4. The molecule has 0 saturated heterocycles. The molecule has 1 aromatic carbocycles. The first-order valence-electron chi connectivity index (χ1n) is 6.92. The highest BCUT2D eigenvalue weighted by Crippen LogP contribution is 2.12. The topological polar surface area (TPSA) is 52.0 Å². The number of hydrogen-bond donors (Lipinski definition) is 1. The average molecular weight is 274 g/mol. The van der Waals surface area contributed by atoms with Gasteiger partial charge in [0.1, 0.15) is 17.9 Å². The van der Waals surface area contributed by atoms with Crippen molar-refractivity contribution >= 4 is 0 Å². The zero-order chi connectivity index (χ0) is 14.4. The first kappa shape index (κ1) is 14.5. The Morgan fingerprint density at radius 2 is 2.20 bits per heavy atom. The minimum Gasteiger partial charge on any atom is -0.497 e. The zero-order valence-corrected chi connectivity index (χ0v) is 12.3. The Bertz CT molecular complexity index is 536. The van der Waals surface area contributed by atoms with E-state index in [9.17, 15) is 0 Å². The molecule has 0 fully saturated rings. The molecule has 0 saturated carbocycles. The van der Waals surface area contributed by atoms with Gasteiger partial charge in [-0.25, -0.2) is 9.67 Å². The summed E-state index contributed by atoms with van der Waals surface area (Å²) in [6.45, 7) is 5.85. The molecule has 0 bridgehead atoms. The Hall–Kier alpha value is -1.88. The predicted octanol–water partition coefficient (Wildman–Crippen LogP) is 2.20. The van der Waals surface area contributed by atoms with Crippen LogP contribution in [-0.4, -0.2) is 28.4 Å². The Labute approximate surface area is 120 Å². The summed E-state index contributed by atoms with van der Waals surface area (Å²) in [6, 6.07) is 8.50. The number of benzene rings is 1. The van der Waals surface area contributed by atoms with Crippen molar-refractivity contribution in [2.75, 3.05) is 13.7 Å². The van der Waals surface area contributed by atoms with Gasteiger partial charge < -0.3 is 10.1 Å². The highest BCUT2D eigenvalue weighted by Gasteiger charge is 2.06. The van der Waals surface area contributed by atoms with Crippen molar-refractivity contribution in [3.63, 3.8) is 0 Å². The molecule has 5 nitrogen and oxygen atoms in total. The summed E-state index contributed by atoms with van der Waals surface area (Å²) in [6.07, 6.45) is 2.58. The lowest BCUT2D eigenvalue weighted by Crippen LogP contribution is -2.20. The molecule has 1 heterocycles. The molecule has 1 aromatic heterocycles. The van der Waals surface area contributed by atoms with Crippen molar-refractivity contribution in [3.8, 4) is 5.75 Å². The standard InChI is InChI=1S/C15H22N4O/c1-12(2)19-15(17-11-18-19)10-16-8-7-13-5-4-6-14(9-13)20-3/h4-6,9,11-12,16H,7-8,10H2,1-3H3. The van der Waals surface area contributed by atoms with Crippen molar-refractivity contribution in [3.05, 3.63) is 42.0 Å². The third-order valence-electron chi connectivity index (χ3n) is 3.14. The van der Waals surface area contributed by atoms with Crippen LogP contribution in [0.2, 0.25) is 0 Å². The van der Waals surface area contributed by atoms with Crippen LogP contribution in [0.15, 0.2) is 30.6 Å². The highest BCUT2D eigenvalue weighted by molar-refractivity contribution is 5.28. The third kappa shape index (κ3) is 3.81. The second-order valence-electron chi connectivity index (χ2n) is 4.99. The second kappa shape index (κ2) is 7.05. The summed E-state index contributed by atoms with van der Waals surface area (Å²) < 4.78 is 7.16. The number of rotatable bonds is 7. The van der Waals surface area contributed by atoms with Gasteiger partial charge in [0, 0.05) is 6.04 Å². The number of methoxy groups -OCH3 is 1. The summed E-state index contributed by atoms with van der Waals surface area (Å²) in [5, 5.41) is 7.63. The summed E-state index contributed by atoms with van der Waals surface area (Å²) in [4.78, 5) is 4.28. The van der Waals surface area contributed by atoms with Crippen molar-refractivity contribution in [2.24, 2.45) is 0 Å². The molecule has 20 heavy (non-hydrogen) atoms. The van der Waals surface area contributed by atoms with E-state index in [0.717, 1.165) is 31.1 Å². The maximum atomic E-state index is 5.22. The van der Waals surface area contributed by atoms with Gasteiger partial charge in [0.2, 0.25) is 0 Å². The van der Waals surface area contributed by atoms with Crippen molar-refractivity contribution in [1.29, 1.82) is 0 Å². The fourth-order valence-electron chi connectivity index (χ4n) is 2.09. The van der Waals surface area contributed by atoms with Crippen LogP contribution in [0.25, 0.3) is 0 Å². The summed E-state index contributed by atoms with van der Waals surface area (Å²) in [5.41, 5.74) is 1.27. The minimum absolute atomic E-state index is 0.340. The third-order valence-corrected chi connectivity index (χ3v) is 3.14. The molecule has 0 amide bonds. The fourth-order valence-corrected chi connectivity index (χ4v) is 2.09. The van der Waals surface area contributed by atoms with Crippen molar-refractivity contribution in [1.82, 2.24) is 20.1 Å². The van der Waals surface area contributed by atoms with Crippen molar-refractivity contribution < 1.29 is 4.74 Å². The van der Waals surface area contributed by atoms with E-state index >= 15 is 0 Å². The molecule has 0 radical (unpaired) electrons. The van der Waals surface area contributed by atoms with E-state index in [2.05, 4.69) is 41.4 Å². The average Bonchev–Trinajstić information content (AvgIpc) is 2.92. The van der Waals surface area contributed by atoms with E-state index in [1.165, 1.54) is 5.56 Å². The molecule has 0 aliphatic heterocycles. The zero-order valence-electron chi connectivity index (χ0n) is 12.3. The van der Waals surface area contributed by atoms with Gasteiger partial charge in [-0.15, -0.1) is 0 Å². The van der Waals surface area contributed by atoms with E-state index in [4.69, 9.17) is 4.74 Å². The molecule has 0 aliphatic rings. The van der Waals surface area contributed by atoms with Crippen LogP contribution in [0.1, 0.15) is 31.3 Å². The summed E-state index contributed by atoms with van der Waals surface area (Å²) in [7, 11) is 1.69. The normalized spacial score (nSPS) is 11.0. The Kier molecular flexibility index (Phi) is 5.12. The van der Waals surface area contributed by atoms with Gasteiger partial charge in [-0.1, -0.05) is 12.1 Å². The van der Waals surface area contributed by atoms with E-state index in [0.29, 0.717) is 6.04 Å². The lowest BCUT2D eigenvalue weighted by Gasteiger charge is -2.10. The fraction of sp³-hybridized carbons (Fsp3) is 0.467. The molecule has 1 N–H and O–H groups in total. The van der Waals surface area contributed by atoms with Crippen LogP contribution in [0.3, 0.4) is 0 Å². The first-order chi connectivity index (χ1) is 9.70. The molecule has 0 atom stereocenters. The van der Waals surface area contributed by atoms with Crippen molar-refractivity contribution in [2.45, 2.75) is 32.9 Å². The number of nitrogens with one attached hydrogen (secondary N) is 1. The number of ether oxygens (including phenoxy) is 1. The molecular weight excluding hydrogens is 252 g/mol. The van der Waals surface area contributed by atoms with E-state index in [-0.39, 0.29) is 0 Å². The largest absolute Gasteiger partial charge is 0.497 e. The van der Waals surface area contributed by atoms with Gasteiger partial charge in [-0.2, -0.15) is 5.10 Å².